The van der Waals surface area contributed by atoms with Crippen LogP contribution in [0.4, 0.5) is 0 Å². The van der Waals surface area contributed by atoms with Gasteiger partial charge in [-0.1, -0.05) is 20.8 Å². The molecule has 0 aliphatic carbocycles. The van der Waals surface area contributed by atoms with E-state index in [0.29, 0.717) is 12.2 Å². The first-order valence-electron chi connectivity index (χ1n) is 5.26. The zero-order valence-corrected chi connectivity index (χ0v) is 10.2. The molecule has 0 spiro atoms. The average Bonchev–Trinajstić information content (AvgIpc) is 2.13. The van der Waals surface area contributed by atoms with Crippen molar-refractivity contribution in [1.82, 2.24) is 0 Å². The summed E-state index contributed by atoms with van der Waals surface area (Å²) in [6, 6.07) is 5.03. The molecule has 0 aliphatic heterocycles. The van der Waals surface area contributed by atoms with Gasteiger partial charge in [0.15, 0.2) is 0 Å². The van der Waals surface area contributed by atoms with E-state index in [1.807, 2.05) is 0 Å². The molecule has 1 aromatic rings. The normalized spacial score (nSPS) is 11.2. The van der Waals surface area contributed by atoms with E-state index >= 15 is 0 Å². The summed E-state index contributed by atoms with van der Waals surface area (Å²) in [4.78, 5) is 10.8. The fourth-order valence-corrected chi connectivity index (χ4v) is 1.27. The summed E-state index contributed by atoms with van der Waals surface area (Å²) in [5, 5.41) is 8.87. The number of rotatable bonds is 3. The van der Waals surface area contributed by atoms with E-state index in [2.05, 4.69) is 20.8 Å². The minimum Gasteiger partial charge on any atom is -0.493 e. The number of aromatic carboxylic acids is 1. The van der Waals surface area contributed by atoms with Crippen LogP contribution >= 0.6 is 0 Å². The molecular formula is C13H18O3. The topological polar surface area (TPSA) is 46.5 Å². The third-order valence-electron chi connectivity index (χ3n) is 2.10. The van der Waals surface area contributed by atoms with Crippen molar-refractivity contribution in [2.45, 2.75) is 27.7 Å². The van der Waals surface area contributed by atoms with Gasteiger partial charge >= 0.3 is 5.97 Å². The second-order valence-electron chi connectivity index (χ2n) is 5.13. The number of aryl methyl sites for hydroxylation is 1. The van der Waals surface area contributed by atoms with Crippen LogP contribution in [0.25, 0.3) is 0 Å². The van der Waals surface area contributed by atoms with Crippen LogP contribution in [0.5, 0.6) is 5.75 Å². The molecule has 1 aromatic carbocycles. The molecular weight excluding hydrogens is 204 g/mol. The first kappa shape index (κ1) is 12.6. The quantitative estimate of drug-likeness (QED) is 0.854. The number of ether oxygens (including phenoxy) is 1. The van der Waals surface area contributed by atoms with Crippen molar-refractivity contribution >= 4 is 5.97 Å². The van der Waals surface area contributed by atoms with Gasteiger partial charge in [-0.3, -0.25) is 0 Å². The standard InChI is InChI=1S/C13H18O3/c1-9-7-10(16-8-13(2,3)4)5-6-11(9)12(14)15/h5-7H,8H2,1-4H3,(H,14,15). The zero-order chi connectivity index (χ0) is 12.3. The molecule has 3 nitrogen and oxygen atoms in total. The summed E-state index contributed by atoms with van der Waals surface area (Å²) in [6.45, 7) is 8.65. The van der Waals surface area contributed by atoms with Crippen LogP contribution in [0.2, 0.25) is 0 Å². The van der Waals surface area contributed by atoms with Gasteiger partial charge in [-0.05, 0) is 36.1 Å². The van der Waals surface area contributed by atoms with Crippen molar-refractivity contribution in [2.24, 2.45) is 5.41 Å². The summed E-state index contributed by atoms with van der Waals surface area (Å²) in [6.07, 6.45) is 0. The van der Waals surface area contributed by atoms with E-state index in [1.165, 1.54) is 0 Å². The first-order chi connectivity index (χ1) is 7.29. The van der Waals surface area contributed by atoms with Crippen LogP contribution in [0.1, 0.15) is 36.7 Å². The number of benzene rings is 1. The molecule has 88 valence electrons. The fraction of sp³-hybridized carbons (Fsp3) is 0.462. The highest BCUT2D eigenvalue weighted by Gasteiger charge is 2.12. The molecule has 0 bridgehead atoms. The van der Waals surface area contributed by atoms with E-state index < -0.39 is 5.97 Å². The first-order valence-corrected chi connectivity index (χ1v) is 5.26. The summed E-state index contributed by atoms with van der Waals surface area (Å²) >= 11 is 0. The van der Waals surface area contributed by atoms with Crippen LogP contribution in [0.15, 0.2) is 18.2 Å². The highest BCUT2D eigenvalue weighted by molar-refractivity contribution is 5.89. The number of carbonyl (C=O) groups is 1. The predicted octanol–water partition coefficient (Wildman–Crippen LogP) is 3.12. The van der Waals surface area contributed by atoms with Crippen LogP contribution in [0, 0.1) is 12.3 Å². The lowest BCUT2D eigenvalue weighted by molar-refractivity contribution is 0.0696. The molecule has 16 heavy (non-hydrogen) atoms. The lowest BCUT2D eigenvalue weighted by Gasteiger charge is -2.19. The van der Waals surface area contributed by atoms with E-state index in [-0.39, 0.29) is 5.41 Å². The Morgan fingerprint density at radius 2 is 2.00 bits per heavy atom. The largest absolute Gasteiger partial charge is 0.493 e. The van der Waals surface area contributed by atoms with Gasteiger partial charge in [0.1, 0.15) is 5.75 Å². The molecule has 0 aromatic heterocycles. The van der Waals surface area contributed by atoms with Crippen molar-refractivity contribution in [1.29, 1.82) is 0 Å². The van der Waals surface area contributed by atoms with Crippen molar-refractivity contribution < 1.29 is 14.6 Å². The summed E-state index contributed by atoms with van der Waals surface area (Å²) < 4.78 is 5.59. The third kappa shape index (κ3) is 3.57. The minimum atomic E-state index is -0.903. The smallest absolute Gasteiger partial charge is 0.335 e. The molecule has 1 rings (SSSR count). The fourth-order valence-electron chi connectivity index (χ4n) is 1.27. The number of carboxylic acids is 1. The summed E-state index contributed by atoms with van der Waals surface area (Å²) in [7, 11) is 0. The Hall–Kier alpha value is -1.51. The molecule has 0 amide bonds. The molecule has 0 heterocycles. The highest BCUT2D eigenvalue weighted by atomic mass is 16.5. The van der Waals surface area contributed by atoms with Gasteiger partial charge in [-0.25, -0.2) is 4.79 Å². The number of hydrogen-bond donors (Lipinski definition) is 1. The van der Waals surface area contributed by atoms with Crippen LogP contribution in [0.3, 0.4) is 0 Å². The van der Waals surface area contributed by atoms with Gasteiger partial charge in [0.05, 0.1) is 12.2 Å². The Kier molecular flexibility index (Phi) is 3.58. The molecule has 0 radical (unpaired) electrons. The monoisotopic (exact) mass is 222 g/mol. The average molecular weight is 222 g/mol. The van der Waals surface area contributed by atoms with Gasteiger partial charge in [0, 0.05) is 0 Å². The second-order valence-corrected chi connectivity index (χ2v) is 5.13. The van der Waals surface area contributed by atoms with Gasteiger partial charge in [-0.2, -0.15) is 0 Å². The van der Waals surface area contributed by atoms with Crippen LogP contribution in [-0.2, 0) is 0 Å². The van der Waals surface area contributed by atoms with Crippen molar-refractivity contribution in [3.63, 3.8) is 0 Å². The molecule has 3 heteroatoms. The Morgan fingerprint density at radius 1 is 1.38 bits per heavy atom. The maximum atomic E-state index is 10.8. The Morgan fingerprint density at radius 3 is 2.44 bits per heavy atom. The Balaban J connectivity index is 2.78. The summed E-state index contributed by atoms with van der Waals surface area (Å²) in [5.74, 6) is -0.183. The second kappa shape index (κ2) is 4.56. The molecule has 0 aliphatic rings. The highest BCUT2D eigenvalue weighted by Crippen LogP contribution is 2.20. The molecule has 0 fully saturated rings. The maximum absolute atomic E-state index is 10.8. The zero-order valence-electron chi connectivity index (χ0n) is 10.2. The summed E-state index contributed by atoms with van der Waals surface area (Å²) in [5.41, 5.74) is 1.14. The maximum Gasteiger partial charge on any atom is 0.335 e. The van der Waals surface area contributed by atoms with Gasteiger partial charge in [0.25, 0.3) is 0 Å². The predicted molar refractivity (Wildman–Crippen MR) is 63.1 cm³/mol. The van der Waals surface area contributed by atoms with E-state index in [4.69, 9.17) is 9.84 Å². The molecule has 0 saturated heterocycles. The van der Waals surface area contributed by atoms with Gasteiger partial charge in [-0.15, -0.1) is 0 Å². The molecule has 1 N–H and O–H groups in total. The SMILES string of the molecule is Cc1cc(OCC(C)(C)C)ccc1C(=O)O. The Bertz CT molecular complexity index is 389. The van der Waals surface area contributed by atoms with Crippen LogP contribution in [-0.4, -0.2) is 17.7 Å². The van der Waals surface area contributed by atoms with Crippen molar-refractivity contribution in [3.05, 3.63) is 29.3 Å². The van der Waals surface area contributed by atoms with Crippen molar-refractivity contribution in [2.75, 3.05) is 6.61 Å². The van der Waals surface area contributed by atoms with E-state index in [9.17, 15) is 4.79 Å². The lowest BCUT2D eigenvalue weighted by Crippen LogP contribution is -2.17. The van der Waals surface area contributed by atoms with Crippen LogP contribution < -0.4 is 4.74 Å². The van der Waals surface area contributed by atoms with E-state index in [1.54, 1.807) is 25.1 Å². The van der Waals surface area contributed by atoms with E-state index in [0.717, 1.165) is 11.3 Å². The molecule has 0 saturated carbocycles. The lowest BCUT2D eigenvalue weighted by atomic mass is 9.98. The minimum absolute atomic E-state index is 0.0966. The Labute approximate surface area is 96.1 Å². The third-order valence-corrected chi connectivity index (χ3v) is 2.10. The van der Waals surface area contributed by atoms with Gasteiger partial charge < -0.3 is 9.84 Å². The van der Waals surface area contributed by atoms with Crippen molar-refractivity contribution in [3.8, 4) is 5.75 Å². The molecule has 0 atom stereocenters. The van der Waals surface area contributed by atoms with Gasteiger partial charge in [0.2, 0.25) is 0 Å². The number of hydrogen-bond acceptors (Lipinski definition) is 2. The molecule has 0 unspecified atom stereocenters. The number of carboxylic acid groups (broad SMARTS) is 1.